The topological polar surface area (TPSA) is 3.24 Å². The second-order valence-electron chi connectivity index (χ2n) is 16.3. The van der Waals surface area contributed by atoms with Crippen LogP contribution in [-0.2, 0) is 0 Å². The lowest BCUT2D eigenvalue weighted by molar-refractivity contribution is 0.0487. The van der Waals surface area contributed by atoms with Crippen molar-refractivity contribution in [2.45, 2.75) is 63.8 Å². The fourth-order valence-corrected chi connectivity index (χ4v) is 12.5. The maximum Gasteiger partial charge on any atom is 0.0556 e. The lowest BCUT2D eigenvalue weighted by Crippen LogP contribution is -2.44. The molecular weight excluding hydrogens is 603 g/mol. The third kappa shape index (κ3) is 4.01. The Labute approximate surface area is 298 Å². The number of hydrogen-bond acceptors (Lipinski definition) is 1. The fraction of sp³-hybridized carbons (Fsp3) is 0.347. The molecule has 1 heteroatoms. The first-order chi connectivity index (χ1) is 24.8. The van der Waals surface area contributed by atoms with E-state index in [2.05, 4.69) is 139 Å². The van der Waals surface area contributed by atoms with Crippen LogP contribution in [0.3, 0.4) is 0 Å². The SMILES string of the molecule is C1=CCC(N(C2=CCCC=C2)C2=CC=C3C4=CC=CCC4C4(C3C2)C2CC=CC3=C2C2=C(C=CCC24)C2C=C(C4=CCCC=C4)C=CC32)C=C1. The van der Waals surface area contributed by atoms with Gasteiger partial charge in [0.2, 0.25) is 0 Å². The van der Waals surface area contributed by atoms with Crippen LogP contribution < -0.4 is 0 Å². The predicted molar refractivity (Wildman–Crippen MR) is 206 cm³/mol. The van der Waals surface area contributed by atoms with Crippen LogP contribution in [0.1, 0.15) is 57.8 Å². The van der Waals surface area contributed by atoms with Gasteiger partial charge in [-0.3, -0.25) is 0 Å². The molecule has 0 aromatic carbocycles. The molecule has 50 heavy (non-hydrogen) atoms. The third-order valence-electron chi connectivity index (χ3n) is 14.2. The van der Waals surface area contributed by atoms with Gasteiger partial charge in [0.05, 0.1) is 6.04 Å². The van der Waals surface area contributed by atoms with Gasteiger partial charge in [0.1, 0.15) is 0 Å². The van der Waals surface area contributed by atoms with Crippen molar-refractivity contribution in [1.82, 2.24) is 4.90 Å². The number of rotatable bonds is 4. The second kappa shape index (κ2) is 11.3. The molecule has 0 aromatic heterocycles. The lowest BCUT2D eigenvalue weighted by Gasteiger charge is -2.48. The van der Waals surface area contributed by atoms with Crippen molar-refractivity contribution in [2.75, 3.05) is 0 Å². The summed E-state index contributed by atoms with van der Waals surface area (Å²) in [6.07, 6.45) is 64.6. The van der Waals surface area contributed by atoms with Crippen molar-refractivity contribution in [3.8, 4) is 0 Å². The summed E-state index contributed by atoms with van der Waals surface area (Å²) >= 11 is 0. The molecular formula is C49H47N. The van der Waals surface area contributed by atoms with E-state index in [9.17, 15) is 0 Å². The van der Waals surface area contributed by atoms with Crippen molar-refractivity contribution in [3.05, 3.63) is 190 Å². The van der Waals surface area contributed by atoms with Crippen LogP contribution in [0.25, 0.3) is 0 Å². The maximum atomic E-state index is 2.73. The van der Waals surface area contributed by atoms with E-state index in [0.717, 1.165) is 32.1 Å². The molecule has 2 fully saturated rings. The van der Waals surface area contributed by atoms with E-state index in [1.54, 1.807) is 33.4 Å². The molecule has 0 bridgehead atoms. The standard InChI is InChI=1S/C49H47N/c1-4-14-32(15-5-1)33-26-28-37-40-21-12-24-44-47(40)48-41(42(37)30-33)22-13-25-45(48)49(44)43-23-11-10-20-38(43)39-29-27-36(31-46(39)49)50(34-16-6-2-7-17-34)35-18-8-3-9-19-35/h2,4,6-8,10-16,18-22,26-30,34,37,42-46H,1,3,5,9,17,23-25,31H2. The molecule has 8 unspecified atom stereocenters. The molecule has 0 aliphatic heterocycles. The Bertz CT molecular complexity index is 2070. The summed E-state index contributed by atoms with van der Waals surface area (Å²) < 4.78 is 0. The monoisotopic (exact) mass is 649 g/mol. The second-order valence-corrected chi connectivity index (χ2v) is 16.3. The van der Waals surface area contributed by atoms with Crippen molar-refractivity contribution >= 4 is 0 Å². The minimum absolute atomic E-state index is 0.182. The maximum absolute atomic E-state index is 2.73. The number of fused-ring (bicyclic) bond motifs is 10. The van der Waals surface area contributed by atoms with Crippen LogP contribution in [-0.4, -0.2) is 10.9 Å². The first kappa shape index (κ1) is 29.4. The van der Waals surface area contributed by atoms with E-state index in [4.69, 9.17) is 0 Å². The molecule has 11 aliphatic rings. The number of hydrogen-bond donors (Lipinski definition) is 0. The molecule has 0 radical (unpaired) electrons. The van der Waals surface area contributed by atoms with Gasteiger partial charge in [-0.25, -0.2) is 0 Å². The van der Waals surface area contributed by atoms with Crippen LogP contribution in [0.4, 0.5) is 0 Å². The summed E-state index contributed by atoms with van der Waals surface area (Å²) in [4.78, 5) is 2.73. The molecule has 0 N–H and O–H groups in total. The Hall–Kier alpha value is -4.36. The highest BCUT2D eigenvalue weighted by molar-refractivity contribution is 5.68. The lowest BCUT2D eigenvalue weighted by atomic mass is 9.55. The molecule has 1 spiro atoms. The Morgan fingerprint density at radius 1 is 0.540 bits per heavy atom. The van der Waals surface area contributed by atoms with Gasteiger partial charge >= 0.3 is 0 Å². The summed E-state index contributed by atoms with van der Waals surface area (Å²) in [5.41, 5.74) is 16.0. The first-order valence-corrected chi connectivity index (χ1v) is 19.7. The van der Waals surface area contributed by atoms with E-state index in [0.29, 0.717) is 41.5 Å². The minimum Gasteiger partial charge on any atom is -0.338 e. The highest BCUT2D eigenvalue weighted by Gasteiger charge is 2.68. The van der Waals surface area contributed by atoms with E-state index in [1.807, 2.05) is 0 Å². The van der Waals surface area contributed by atoms with Crippen molar-refractivity contribution in [1.29, 1.82) is 0 Å². The van der Waals surface area contributed by atoms with E-state index >= 15 is 0 Å². The first-order valence-electron chi connectivity index (χ1n) is 19.7. The zero-order valence-corrected chi connectivity index (χ0v) is 29.1. The Morgan fingerprint density at radius 3 is 2.06 bits per heavy atom. The molecule has 0 amide bonds. The smallest absolute Gasteiger partial charge is 0.0556 e. The Kier molecular flexibility index (Phi) is 6.65. The normalized spacial score (nSPS) is 37.9. The summed E-state index contributed by atoms with van der Waals surface area (Å²) in [7, 11) is 0. The molecule has 0 heterocycles. The molecule has 11 aliphatic carbocycles. The summed E-state index contributed by atoms with van der Waals surface area (Å²) in [5.74, 6) is 3.06. The molecule has 0 aromatic rings. The largest absolute Gasteiger partial charge is 0.338 e. The van der Waals surface area contributed by atoms with Crippen LogP contribution in [0.2, 0.25) is 0 Å². The number of nitrogens with zero attached hydrogens (tertiary/aromatic N) is 1. The quantitative estimate of drug-likeness (QED) is 0.293. The fourth-order valence-electron chi connectivity index (χ4n) is 12.5. The highest BCUT2D eigenvalue weighted by atomic mass is 15.2. The highest BCUT2D eigenvalue weighted by Crippen LogP contribution is 2.76. The van der Waals surface area contributed by atoms with Crippen LogP contribution in [0.5, 0.6) is 0 Å². The van der Waals surface area contributed by atoms with Gasteiger partial charge in [-0.15, -0.1) is 0 Å². The summed E-state index contributed by atoms with van der Waals surface area (Å²) in [6.45, 7) is 0. The van der Waals surface area contributed by atoms with Crippen molar-refractivity contribution in [2.24, 2.45) is 40.9 Å². The van der Waals surface area contributed by atoms with Gasteiger partial charge in [0.15, 0.2) is 0 Å². The zero-order chi connectivity index (χ0) is 32.8. The molecule has 248 valence electrons. The minimum atomic E-state index is 0.182. The molecule has 1 nitrogen and oxygen atoms in total. The van der Waals surface area contributed by atoms with Gasteiger partial charge in [-0.05, 0) is 144 Å². The van der Waals surface area contributed by atoms with Gasteiger partial charge in [0.25, 0.3) is 0 Å². The van der Waals surface area contributed by atoms with E-state index < -0.39 is 0 Å². The van der Waals surface area contributed by atoms with Gasteiger partial charge in [-0.1, -0.05) is 122 Å². The molecule has 11 rings (SSSR count). The Balaban J connectivity index is 1.07. The zero-order valence-electron chi connectivity index (χ0n) is 29.1. The predicted octanol–water partition coefficient (Wildman–Crippen LogP) is 11.5. The van der Waals surface area contributed by atoms with E-state index in [-0.39, 0.29) is 5.41 Å². The molecule has 0 saturated heterocycles. The number of allylic oxidation sites excluding steroid dienone is 29. The van der Waals surface area contributed by atoms with Crippen LogP contribution in [0, 0.1) is 40.9 Å². The average Bonchev–Trinajstić information content (AvgIpc) is 3.66. The summed E-state index contributed by atoms with van der Waals surface area (Å²) in [6, 6.07) is 0.366. The van der Waals surface area contributed by atoms with Crippen molar-refractivity contribution < 1.29 is 0 Å². The molecule has 2 saturated carbocycles. The van der Waals surface area contributed by atoms with Gasteiger partial charge in [0, 0.05) is 23.2 Å². The third-order valence-corrected chi connectivity index (χ3v) is 14.2. The van der Waals surface area contributed by atoms with Crippen molar-refractivity contribution in [3.63, 3.8) is 0 Å². The van der Waals surface area contributed by atoms with Gasteiger partial charge in [-0.2, -0.15) is 0 Å². The molecule has 8 atom stereocenters. The Morgan fingerprint density at radius 2 is 1.30 bits per heavy atom. The van der Waals surface area contributed by atoms with Crippen LogP contribution >= 0.6 is 0 Å². The van der Waals surface area contributed by atoms with E-state index in [1.165, 1.54) is 48.2 Å². The average molecular weight is 650 g/mol. The van der Waals surface area contributed by atoms with Gasteiger partial charge < -0.3 is 4.90 Å². The summed E-state index contributed by atoms with van der Waals surface area (Å²) in [5, 5.41) is 0. The van der Waals surface area contributed by atoms with Crippen LogP contribution in [0.15, 0.2) is 190 Å².